The number of rotatable bonds is 9. The molecule has 1 aliphatic heterocycles. The fraction of sp³-hybridized carbons (Fsp3) is 0.382. The van der Waals surface area contributed by atoms with E-state index < -0.39 is 21.6 Å². The summed E-state index contributed by atoms with van der Waals surface area (Å²) in [5.41, 5.74) is 6.43. The van der Waals surface area contributed by atoms with Crippen molar-refractivity contribution in [3.63, 3.8) is 0 Å². The van der Waals surface area contributed by atoms with Crippen LogP contribution in [0.15, 0.2) is 66.7 Å². The van der Waals surface area contributed by atoms with Gasteiger partial charge in [0, 0.05) is 18.7 Å². The molecule has 0 unspecified atom stereocenters. The lowest BCUT2D eigenvalue weighted by Gasteiger charge is -2.54. The zero-order chi connectivity index (χ0) is 28.9. The highest BCUT2D eigenvalue weighted by atomic mass is 35.5. The summed E-state index contributed by atoms with van der Waals surface area (Å²) in [6, 6.07) is 21.5. The Balaban J connectivity index is 1.14. The third-order valence-electron chi connectivity index (χ3n) is 9.23. The van der Waals surface area contributed by atoms with Gasteiger partial charge in [0.15, 0.2) is 0 Å². The van der Waals surface area contributed by atoms with E-state index in [2.05, 4.69) is 31.3 Å². The fourth-order valence-electron chi connectivity index (χ4n) is 7.28. The first kappa shape index (κ1) is 28.0. The molecule has 0 saturated carbocycles. The van der Waals surface area contributed by atoms with Gasteiger partial charge in [-0.05, 0) is 59.1 Å². The topological polar surface area (TPSA) is 66.5 Å². The molecule has 0 radical (unpaired) electrons. The van der Waals surface area contributed by atoms with Gasteiger partial charge in [-0.3, -0.25) is 19.3 Å². The van der Waals surface area contributed by atoms with Crippen molar-refractivity contribution in [3.05, 3.63) is 100 Å². The van der Waals surface area contributed by atoms with E-state index in [9.17, 15) is 14.4 Å². The molecule has 3 aliphatic carbocycles. The number of likely N-dealkylation sites (tertiary alicyclic amines) is 1. The number of amides is 3. The van der Waals surface area contributed by atoms with Gasteiger partial charge < -0.3 is 5.32 Å². The lowest BCUT2D eigenvalue weighted by atomic mass is 9.54. The van der Waals surface area contributed by atoms with Crippen LogP contribution in [0.3, 0.4) is 0 Å². The third kappa shape index (κ3) is 4.07. The van der Waals surface area contributed by atoms with Gasteiger partial charge in [-0.15, -0.1) is 23.2 Å². The monoisotopic (exact) mass is 588 g/mol. The van der Waals surface area contributed by atoms with Crippen LogP contribution in [-0.4, -0.2) is 29.2 Å². The number of halogens is 2. The summed E-state index contributed by atoms with van der Waals surface area (Å²) in [7, 11) is 0. The molecule has 7 rings (SSSR count). The Labute approximate surface area is 251 Å². The van der Waals surface area contributed by atoms with Crippen LogP contribution < -0.4 is 5.32 Å². The molecule has 1 N–H and O–H groups in total. The second-order valence-corrected chi connectivity index (χ2v) is 12.5. The largest absolute Gasteiger partial charge is 0.326 e. The maximum atomic E-state index is 13.9. The van der Waals surface area contributed by atoms with Crippen LogP contribution in [0.2, 0.25) is 0 Å². The molecule has 41 heavy (non-hydrogen) atoms. The van der Waals surface area contributed by atoms with Gasteiger partial charge in [0.1, 0.15) is 9.75 Å². The summed E-state index contributed by atoms with van der Waals surface area (Å²) < 4.78 is 0. The minimum absolute atomic E-state index is 0.0137. The Morgan fingerprint density at radius 2 is 1.20 bits per heavy atom. The van der Waals surface area contributed by atoms with Crippen molar-refractivity contribution in [2.24, 2.45) is 11.8 Å². The fourth-order valence-corrected chi connectivity index (χ4v) is 8.38. The van der Waals surface area contributed by atoms with Gasteiger partial charge in [0.25, 0.3) is 0 Å². The number of anilines is 1. The number of para-hydroxylation sites is 1. The van der Waals surface area contributed by atoms with Crippen LogP contribution in [0.1, 0.15) is 72.9 Å². The molecule has 7 heteroatoms. The highest BCUT2D eigenvalue weighted by Crippen LogP contribution is 2.69. The van der Waals surface area contributed by atoms with Crippen LogP contribution in [0.5, 0.6) is 0 Å². The van der Waals surface area contributed by atoms with Gasteiger partial charge in [0.2, 0.25) is 17.7 Å². The van der Waals surface area contributed by atoms with E-state index in [1.54, 1.807) is 0 Å². The molecule has 3 aromatic rings. The van der Waals surface area contributed by atoms with Crippen molar-refractivity contribution in [1.29, 1.82) is 0 Å². The molecule has 1 fully saturated rings. The number of carbonyl (C=O) groups excluding carboxylic acids is 3. The number of hydrogen-bond donors (Lipinski definition) is 1. The van der Waals surface area contributed by atoms with Crippen molar-refractivity contribution < 1.29 is 14.4 Å². The number of unbranched alkanes of at least 4 members (excludes halogenated alkanes) is 2. The predicted molar refractivity (Wildman–Crippen MR) is 162 cm³/mol. The van der Waals surface area contributed by atoms with E-state index in [0.29, 0.717) is 25.7 Å². The van der Waals surface area contributed by atoms with E-state index in [-0.39, 0.29) is 24.3 Å². The Morgan fingerprint density at radius 1 is 0.732 bits per heavy atom. The van der Waals surface area contributed by atoms with Crippen LogP contribution in [0, 0.1) is 11.8 Å². The smallest absolute Gasteiger partial charge is 0.235 e. The standard InChI is InChI=1S/C34H34Cl2N2O3/c1-3-21-13-12-14-22(4-2)30(21)37-27(39)19-6-5-11-20-38-31(40)28-29(32(38)41)34(36)24-16-8-7-15-23(24)33(28,35)25-17-9-10-18-26(25)34/h7-10,12-18,28-29H,3-6,11,19-20H2,1-2H3,(H,37,39)/t28-,29-,33?,34?/m0/s1. The molecule has 1 saturated heterocycles. The van der Waals surface area contributed by atoms with Crippen molar-refractivity contribution in [2.75, 3.05) is 11.9 Å². The van der Waals surface area contributed by atoms with E-state index in [0.717, 1.165) is 51.9 Å². The molecule has 1 heterocycles. The maximum Gasteiger partial charge on any atom is 0.235 e. The second kappa shape index (κ2) is 10.6. The van der Waals surface area contributed by atoms with E-state index in [1.165, 1.54) is 4.90 Å². The number of alkyl halides is 2. The molecule has 0 spiro atoms. The van der Waals surface area contributed by atoms with Gasteiger partial charge >= 0.3 is 0 Å². The molecule has 5 nitrogen and oxygen atoms in total. The number of nitrogens with one attached hydrogen (secondary N) is 1. The number of aryl methyl sites for hydroxylation is 2. The summed E-state index contributed by atoms with van der Waals surface area (Å²) in [5.74, 6) is -2.07. The van der Waals surface area contributed by atoms with Gasteiger partial charge in [-0.1, -0.05) is 87.0 Å². The van der Waals surface area contributed by atoms with Crippen LogP contribution in [0.25, 0.3) is 0 Å². The highest BCUT2D eigenvalue weighted by molar-refractivity contribution is 6.36. The molecule has 212 valence electrons. The highest BCUT2D eigenvalue weighted by Gasteiger charge is 2.72. The second-order valence-electron chi connectivity index (χ2n) is 11.3. The number of carbonyl (C=O) groups is 3. The molecule has 3 aromatic carbocycles. The minimum atomic E-state index is -1.15. The van der Waals surface area contributed by atoms with Gasteiger partial charge in [0.05, 0.1) is 11.8 Å². The Bertz CT molecular complexity index is 1410. The normalized spacial score (nSPS) is 25.6. The summed E-state index contributed by atoms with van der Waals surface area (Å²) in [4.78, 5) is 39.6. The number of nitrogens with zero attached hydrogens (tertiary/aromatic N) is 1. The first-order valence-corrected chi connectivity index (χ1v) is 15.4. The number of hydrogen-bond acceptors (Lipinski definition) is 3. The Kier molecular flexibility index (Phi) is 7.24. The van der Waals surface area contributed by atoms with E-state index in [1.807, 2.05) is 54.6 Å². The summed E-state index contributed by atoms with van der Waals surface area (Å²) in [5, 5.41) is 3.12. The molecular formula is C34H34Cl2N2O3. The van der Waals surface area contributed by atoms with E-state index in [4.69, 9.17) is 23.2 Å². The van der Waals surface area contributed by atoms with Crippen LogP contribution in [-0.2, 0) is 37.0 Å². The van der Waals surface area contributed by atoms with Crippen molar-refractivity contribution in [1.82, 2.24) is 4.90 Å². The summed E-state index contributed by atoms with van der Waals surface area (Å²) >= 11 is 14.9. The Hall–Kier alpha value is -3.15. The average molecular weight is 590 g/mol. The van der Waals surface area contributed by atoms with Gasteiger partial charge in [-0.25, -0.2) is 0 Å². The summed E-state index contributed by atoms with van der Waals surface area (Å²) in [6.07, 6.45) is 4.09. The molecule has 0 aromatic heterocycles. The van der Waals surface area contributed by atoms with E-state index >= 15 is 0 Å². The third-order valence-corrected chi connectivity index (χ3v) is 10.5. The van der Waals surface area contributed by atoms with Crippen LogP contribution in [0.4, 0.5) is 5.69 Å². The number of benzene rings is 3. The average Bonchev–Trinajstić information content (AvgIpc) is 3.26. The molecule has 4 aliphatic rings. The molecule has 2 atom stereocenters. The molecule has 3 amide bonds. The predicted octanol–water partition coefficient (Wildman–Crippen LogP) is 6.90. The van der Waals surface area contributed by atoms with Crippen LogP contribution >= 0.6 is 23.2 Å². The maximum absolute atomic E-state index is 13.9. The molecule has 2 bridgehead atoms. The lowest BCUT2D eigenvalue weighted by Crippen LogP contribution is -2.57. The first-order chi connectivity index (χ1) is 19.8. The van der Waals surface area contributed by atoms with Crippen molar-refractivity contribution in [3.8, 4) is 0 Å². The first-order valence-electron chi connectivity index (χ1n) is 14.6. The number of imide groups is 1. The zero-order valence-corrected chi connectivity index (χ0v) is 24.9. The molecular weight excluding hydrogens is 555 g/mol. The minimum Gasteiger partial charge on any atom is -0.326 e. The lowest BCUT2D eigenvalue weighted by molar-refractivity contribution is -0.140. The SMILES string of the molecule is CCc1cccc(CC)c1NC(=O)CCCCCN1C(=O)[C@@H]2[C@@H](C1=O)C1(Cl)c3ccccc3C2(Cl)c2ccccc21. The Morgan fingerprint density at radius 3 is 1.63 bits per heavy atom. The van der Waals surface area contributed by atoms with Crippen molar-refractivity contribution >= 4 is 46.6 Å². The quantitative estimate of drug-likeness (QED) is 0.168. The van der Waals surface area contributed by atoms with Crippen molar-refractivity contribution in [2.45, 2.75) is 62.1 Å². The van der Waals surface area contributed by atoms with Gasteiger partial charge in [-0.2, -0.15) is 0 Å². The zero-order valence-electron chi connectivity index (χ0n) is 23.4. The summed E-state index contributed by atoms with van der Waals surface area (Å²) in [6.45, 7) is 4.46.